The summed E-state index contributed by atoms with van der Waals surface area (Å²) in [6.07, 6.45) is 0.235. The first-order valence-corrected chi connectivity index (χ1v) is 12.9. The van der Waals surface area contributed by atoms with Crippen LogP contribution in [-0.2, 0) is 22.6 Å². The van der Waals surface area contributed by atoms with E-state index >= 15 is 0 Å². The highest BCUT2D eigenvalue weighted by atomic mass is 35.5. The predicted octanol–water partition coefficient (Wildman–Crippen LogP) is 5.45. The third-order valence-corrected chi connectivity index (χ3v) is 6.51. The van der Waals surface area contributed by atoms with Gasteiger partial charge in [0.25, 0.3) is 5.91 Å². The Morgan fingerprint density at radius 2 is 1.69 bits per heavy atom. The second-order valence-corrected chi connectivity index (χ2v) is 9.78. The number of amides is 2. The Bertz CT molecular complexity index is 1300. The quantitative estimate of drug-likeness (QED) is 0.227. The maximum Gasteiger partial charge on any atom is 0.311 e. The second kappa shape index (κ2) is 13.8. The summed E-state index contributed by atoms with van der Waals surface area (Å²) < 4.78 is 10.8. The van der Waals surface area contributed by atoms with Gasteiger partial charge >= 0.3 is 5.69 Å². The van der Waals surface area contributed by atoms with E-state index in [9.17, 15) is 19.7 Å². The highest BCUT2D eigenvalue weighted by Crippen LogP contribution is 2.31. The number of methoxy groups -OCH3 is 1. The first kappa shape index (κ1) is 29.7. The van der Waals surface area contributed by atoms with Crippen molar-refractivity contribution in [3.63, 3.8) is 0 Å². The van der Waals surface area contributed by atoms with Crippen molar-refractivity contribution in [1.29, 1.82) is 0 Å². The van der Waals surface area contributed by atoms with Crippen molar-refractivity contribution >= 4 is 40.7 Å². The number of ether oxygens (including phenoxy) is 2. The van der Waals surface area contributed by atoms with Gasteiger partial charge in [-0.15, -0.1) is 0 Å². The molecule has 0 radical (unpaired) electrons. The fourth-order valence-electron chi connectivity index (χ4n) is 3.91. The highest BCUT2D eigenvalue weighted by molar-refractivity contribution is 6.36. The van der Waals surface area contributed by atoms with Crippen LogP contribution in [0.3, 0.4) is 0 Å². The number of hydrogen-bond donors (Lipinski definition) is 1. The van der Waals surface area contributed by atoms with Crippen molar-refractivity contribution in [3.05, 3.63) is 98.0 Å². The maximum atomic E-state index is 13.7. The van der Waals surface area contributed by atoms with E-state index in [2.05, 4.69) is 5.32 Å². The van der Waals surface area contributed by atoms with Gasteiger partial charge in [-0.25, -0.2) is 0 Å². The number of nitro groups is 1. The lowest BCUT2D eigenvalue weighted by molar-refractivity contribution is -0.385. The van der Waals surface area contributed by atoms with E-state index < -0.39 is 23.5 Å². The van der Waals surface area contributed by atoms with Crippen molar-refractivity contribution in [2.24, 2.45) is 0 Å². The molecule has 1 N–H and O–H groups in total. The molecule has 11 heteroatoms. The first-order chi connectivity index (χ1) is 18.6. The molecular weight excluding hydrogens is 545 g/mol. The third-order valence-electron chi connectivity index (χ3n) is 5.80. The Labute approximate surface area is 236 Å². The van der Waals surface area contributed by atoms with Gasteiger partial charge in [0.1, 0.15) is 11.8 Å². The minimum Gasteiger partial charge on any atom is -0.490 e. The van der Waals surface area contributed by atoms with Gasteiger partial charge in [-0.2, -0.15) is 0 Å². The van der Waals surface area contributed by atoms with Gasteiger partial charge in [0.05, 0.1) is 12.0 Å². The number of nitrogens with one attached hydrogen (secondary N) is 1. The largest absolute Gasteiger partial charge is 0.490 e. The van der Waals surface area contributed by atoms with Gasteiger partial charge in [-0.1, -0.05) is 59.6 Å². The van der Waals surface area contributed by atoms with Crippen LogP contribution in [-0.4, -0.2) is 47.4 Å². The zero-order valence-corrected chi connectivity index (χ0v) is 23.2. The average Bonchev–Trinajstić information content (AvgIpc) is 2.90. The number of nitrogens with zero attached hydrogens (tertiary/aromatic N) is 2. The molecule has 9 nitrogen and oxygen atoms in total. The second-order valence-electron chi connectivity index (χ2n) is 8.97. The first-order valence-electron chi connectivity index (χ1n) is 12.1. The Hall–Kier alpha value is -3.82. The smallest absolute Gasteiger partial charge is 0.311 e. The molecule has 2 amide bonds. The summed E-state index contributed by atoms with van der Waals surface area (Å²) in [4.78, 5) is 39.1. The summed E-state index contributed by atoms with van der Waals surface area (Å²) >= 11 is 12.9. The van der Waals surface area contributed by atoms with Gasteiger partial charge in [-0.3, -0.25) is 19.7 Å². The maximum absolute atomic E-state index is 13.7. The molecule has 0 bridgehead atoms. The summed E-state index contributed by atoms with van der Waals surface area (Å²) in [6, 6.07) is 17.2. The van der Waals surface area contributed by atoms with E-state index in [1.165, 1.54) is 30.2 Å². The van der Waals surface area contributed by atoms with Gasteiger partial charge in [-0.05, 0) is 37.6 Å². The van der Waals surface area contributed by atoms with Crippen LogP contribution in [0.1, 0.15) is 25.0 Å². The molecule has 0 aliphatic rings. The molecule has 0 aliphatic heterocycles. The molecule has 3 rings (SSSR count). The number of nitro benzene ring substituents is 1. The fourth-order valence-corrected chi connectivity index (χ4v) is 4.43. The third kappa shape index (κ3) is 8.08. The lowest BCUT2D eigenvalue weighted by Gasteiger charge is -2.32. The van der Waals surface area contributed by atoms with Crippen LogP contribution < -0.4 is 14.8 Å². The fraction of sp³-hybridized carbons (Fsp3) is 0.286. The zero-order valence-electron chi connectivity index (χ0n) is 21.7. The van der Waals surface area contributed by atoms with E-state index in [4.69, 9.17) is 32.7 Å². The van der Waals surface area contributed by atoms with Crippen LogP contribution in [0.25, 0.3) is 0 Å². The lowest BCUT2D eigenvalue weighted by atomic mass is 10.0. The van der Waals surface area contributed by atoms with Crippen LogP contribution in [0.5, 0.6) is 11.5 Å². The van der Waals surface area contributed by atoms with E-state index in [0.29, 0.717) is 15.6 Å². The van der Waals surface area contributed by atoms with Gasteiger partial charge in [0, 0.05) is 46.7 Å². The summed E-state index contributed by atoms with van der Waals surface area (Å²) in [5, 5.41) is 14.8. The molecule has 0 fully saturated rings. The number of halogens is 2. The van der Waals surface area contributed by atoms with Crippen molar-refractivity contribution in [2.45, 2.75) is 38.9 Å². The normalized spacial score (nSPS) is 11.5. The Kier molecular flexibility index (Phi) is 10.5. The molecule has 39 heavy (non-hydrogen) atoms. The van der Waals surface area contributed by atoms with Crippen molar-refractivity contribution in [3.8, 4) is 11.5 Å². The van der Waals surface area contributed by atoms with E-state index in [1.54, 1.807) is 18.2 Å². The summed E-state index contributed by atoms with van der Waals surface area (Å²) in [6.45, 7) is 3.16. The van der Waals surface area contributed by atoms with Crippen molar-refractivity contribution in [2.75, 3.05) is 13.7 Å². The minimum absolute atomic E-state index is 0.0112. The lowest BCUT2D eigenvalue weighted by Crippen LogP contribution is -2.52. The van der Waals surface area contributed by atoms with Crippen LogP contribution in [0.4, 0.5) is 5.69 Å². The number of carbonyl (C=O) groups is 2. The Morgan fingerprint density at radius 3 is 2.28 bits per heavy atom. The molecule has 0 spiro atoms. The van der Waals surface area contributed by atoms with E-state index in [-0.39, 0.29) is 42.1 Å². The molecule has 1 atom stereocenters. The summed E-state index contributed by atoms with van der Waals surface area (Å²) in [7, 11) is 1.30. The van der Waals surface area contributed by atoms with Crippen molar-refractivity contribution < 1.29 is 24.0 Å². The molecule has 0 aromatic heterocycles. The number of carbonyl (C=O) groups excluding carboxylic acids is 2. The SMILES string of the molecule is COc1cc(OCC(=O)N(Cc2c(Cl)cccc2Cl)C(Cc2ccccc2)C(=O)NC(C)C)ccc1[N+](=O)[O-]. The molecule has 206 valence electrons. The molecule has 0 saturated carbocycles. The van der Waals surface area contributed by atoms with Crippen LogP contribution in [0.15, 0.2) is 66.7 Å². The topological polar surface area (TPSA) is 111 Å². The molecule has 3 aromatic rings. The average molecular weight is 574 g/mol. The monoisotopic (exact) mass is 573 g/mol. The van der Waals surface area contributed by atoms with Gasteiger partial charge < -0.3 is 19.7 Å². The number of benzene rings is 3. The molecule has 3 aromatic carbocycles. The van der Waals surface area contributed by atoms with Crippen LogP contribution in [0.2, 0.25) is 10.0 Å². The molecule has 0 saturated heterocycles. The predicted molar refractivity (Wildman–Crippen MR) is 149 cm³/mol. The molecule has 0 aliphatic carbocycles. The highest BCUT2D eigenvalue weighted by Gasteiger charge is 2.32. The molecule has 0 heterocycles. The van der Waals surface area contributed by atoms with E-state index in [0.717, 1.165) is 5.56 Å². The Balaban J connectivity index is 1.96. The zero-order chi connectivity index (χ0) is 28.5. The van der Waals surface area contributed by atoms with Gasteiger partial charge in [0.15, 0.2) is 6.61 Å². The molecular formula is C28H29Cl2N3O6. The number of hydrogen-bond acceptors (Lipinski definition) is 6. The van der Waals surface area contributed by atoms with E-state index in [1.807, 2.05) is 44.2 Å². The summed E-state index contributed by atoms with van der Waals surface area (Å²) in [5.41, 5.74) is 1.10. The van der Waals surface area contributed by atoms with Gasteiger partial charge in [0.2, 0.25) is 11.7 Å². The number of rotatable bonds is 12. The summed E-state index contributed by atoms with van der Waals surface area (Å²) in [5.74, 6) is -0.679. The standard InChI is InChI=1S/C28H29Cl2N3O6/c1-18(2)31-28(35)25(14-19-8-5-4-6-9-19)32(16-21-22(29)10-7-11-23(21)30)27(34)17-39-20-12-13-24(33(36)37)26(15-20)38-3/h4-13,15,18,25H,14,16-17H2,1-3H3,(H,31,35). The molecule has 1 unspecified atom stereocenters. The van der Waals surface area contributed by atoms with Crippen molar-refractivity contribution in [1.82, 2.24) is 10.2 Å². The minimum atomic E-state index is -0.912. The Morgan fingerprint density at radius 1 is 1.03 bits per heavy atom. The van der Waals surface area contributed by atoms with Crippen LogP contribution in [0, 0.1) is 10.1 Å². The van der Waals surface area contributed by atoms with Crippen LogP contribution >= 0.6 is 23.2 Å².